The summed E-state index contributed by atoms with van der Waals surface area (Å²) in [5.74, 6) is -1.25. The lowest BCUT2D eigenvalue weighted by molar-refractivity contribution is -0.380. The molecule has 0 aliphatic carbocycles. The van der Waals surface area contributed by atoms with Crippen molar-refractivity contribution in [2.24, 2.45) is 11.7 Å². The molecule has 2 atom stereocenters. The fourth-order valence-corrected chi connectivity index (χ4v) is 2.61. The number of nitrogens with zero attached hydrogens (tertiary/aromatic N) is 2. The number of para-hydroxylation sites is 1. The average Bonchev–Trinajstić information content (AvgIpc) is 3.09. The van der Waals surface area contributed by atoms with Crippen LogP contribution in [0.3, 0.4) is 0 Å². The first-order valence-electron chi connectivity index (χ1n) is 7.81. The molecule has 1 aromatic heterocycles. The number of hydrogen-bond acceptors (Lipinski definition) is 8. The standard InChI is InChI=1S/C16H18N4O5S/c1-3-9(2)13(17)15(22)25-11-7-5-4-6-10(11)14(21)19-16-18-8-12(26-16)20(23)24/h4-9,13H,3,17H2,1-2H3,(H,18,19,21)/t9-,13-/m0/s1. The first-order chi connectivity index (χ1) is 12.3. The third-order valence-corrected chi connectivity index (χ3v) is 4.63. The molecule has 138 valence electrons. The van der Waals surface area contributed by atoms with Gasteiger partial charge in [0.1, 0.15) is 18.0 Å². The van der Waals surface area contributed by atoms with Gasteiger partial charge >= 0.3 is 11.0 Å². The molecule has 1 amide bonds. The quantitative estimate of drug-likeness (QED) is 0.327. The van der Waals surface area contributed by atoms with E-state index in [9.17, 15) is 19.7 Å². The van der Waals surface area contributed by atoms with Gasteiger partial charge in [-0.1, -0.05) is 32.4 Å². The Balaban J connectivity index is 2.15. The summed E-state index contributed by atoms with van der Waals surface area (Å²) in [4.78, 5) is 38.4. The Kier molecular flexibility index (Phi) is 6.36. The third kappa shape index (κ3) is 4.61. The second-order valence-corrected chi connectivity index (χ2v) is 6.55. The van der Waals surface area contributed by atoms with Crippen LogP contribution < -0.4 is 15.8 Å². The maximum atomic E-state index is 12.4. The summed E-state index contributed by atoms with van der Waals surface area (Å²) in [5, 5.41) is 13.0. The van der Waals surface area contributed by atoms with E-state index in [0.717, 1.165) is 17.5 Å². The summed E-state index contributed by atoms with van der Waals surface area (Å²) in [6.07, 6.45) is 1.76. The molecule has 0 spiro atoms. The molecular formula is C16H18N4O5S. The number of carbonyl (C=O) groups is 2. The number of nitro groups is 1. The fraction of sp³-hybridized carbons (Fsp3) is 0.312. The van der Waals surface area contributed by atoms with Crippen molar-refractivity contribution in [3.8, 4) is 5.75 Å². The fourth-order valence-electron chi connectivity index (χ4n) is 1.98. The van der Waals surface area contributed by atoms with Crippen molar-refractivity contribution >= 4 is 33.3 Å². The van der Waals surface area contributed by atoms with Gasteiger partial charge in [-0.2, -0.15) is 0 Å². The van der Waals surface area contributed by atoms with Gasteiger partial charge in [-0.15, -0.1) is 0 Å². The van der Waals surface area contributed by atoms with Crippen LogP contribution in [0, 0.1) is 16.0 Å². The zero-order chi connectivity index (χ0) is 19.3. The van der Waals surface area contributed by atoms with Crippen molar-refractivity contribution in [3.05, 3.63) is 46.1 Å². The molecule has 3 N–H and O–H groups in total. The molecule has 10 heteroatoms. The zero-order valence-electron chi connectivity index (χ0n) is 14.2. The normalized spacial score (nSPS) is 12.9. The van der Waals surface area contributed by atoms with E-state index in [1.54, 1.807) is 12.1 Å². The zero-order valence-corrected chi connectivity index (χ0v) is 15.0. The van der Waals surface area contributed by atoms with Crippen molar-refractivity contribution in [2.75, 3.05) is 5.32 Å². The molecule has 0 aliphatic rings. The van der Waals surface area contributed by atoms with E-state index in [-0.39, 0.29) is 27.4 Å². The topological polar surface area (TPSA) is 137 Å². The Bertz CT molecular complexity index is 822. The van der Waals surface area contributed by atoms with Crippen molar-refractivity contribution in [1.82, 2.24) is 4.98 Å². The number of rotatable bonds is 7. The minimum Gasteiger partial charge on any atom is -0.425 e. The van der Waals surface area contributed by atoms with E-state index in [0.29, 0.717) is 6.42 Å². The minimum absolute atomic E-state index is 0.0554. The second kappa shape index (κ2) is 8.50. The van der Waals surface area contributed by atoms with Gasteiger partial charge in [0.15, 0.2) is 5.13 Å². The van der Waals surface area contributed by atoms with Crippen LogP contribution in [-0.2, 0) is 4.79 Å². The number of nitrogens with one attached hydrogen (secondary N) is 1. The molecule has 0 bridgehead atoms. The second-order valence-electron chi connectivity index (χ2n) is 5.54. The highest BCUT2D eigenvalue weighted by atomic mass is 32.1. The van der Waals surface area contributed by atoms with Gasteiger partial charge in [-0.25, -0.2) is 9.78 Å². The Morgan fingerprint density at radius 2 is 2.12 bits per heavy atom. The van der Waals surface area contributed by atoms with Gasteiger partial charge in [-0.05, 0) is 29.4 Å². The van der Waals surface area contributed by atoms with Gasteiger partial charge in [0.25, 0.3) is 5.91 Å². The monoisotopic (exact) mass is 378 g/mol. The molecule has 0 saturated carbocycles. The molecule has 26 heavy (non-hydrogen) atoms. The number of amides is 1. The summed E-state index contributed by atoms with van der Waals surface area (Å²) in [5.41, 5.74) is 5.95. The number of nitrogens with two attached hydrogens (primary N) is 1. The van der Waals surface area contributed by atoms with E-state index in [4.69, 9.17) is 10.5 Å². The molecule has 2 aromatic rings. The van der Waals surface area contributed by atoms with Crippen molar-refractivity contribution in [1.29, 1.82) is 0 Å². The van der Waals surface area contributed by atoms with Crippen molar-refractivity contribution in [2.45, 2.75) is 26.3 Å². The SMILES string of the molecule is CC[C@H](C)[C@H](N)C(=O)Oc1ccccc1C(=O)Nc1ncc([N+](=O)[O-])s1. The first kappa shape index (κ1) is 19.5. The Hall–Kier alpha value is -2.85. The highest BCUT2D eigenvalue weighted by Gasteiger charge is 2.24. The molecule has 0 radical (unpaired) electrons. The van der Waals surface area contributed by atoms with Gasteiger partial charge in [0.05, 0.1) is 10.5 Å². The number of aromatic nitrogens is 1. The van der Waals surface area contributed by atoms with Crippen LogP contribution in [0.4, 0.5) is 10.1 Å². The van der Waals surface area contributed by atoms with Crippen LogP contribution in [0.5, 0.6) is 5.75 Å². The predicted molar refractivity (Wildman–Crippen MR) is 96.2 cm³/mol. The maximum absolute atomic E-state index is 12.4. The summed E-state index contributed by atoms with van der Waals surface area (Å²) >= 11 is 0.726. The molecule has 9 nitrogen and oxygen atoms in total. The van der Waals surface area contributed by atoms with E-state index >= 15 is 0 Å². The molecule has 0 saturated heterocycles. The first-order valence-corrected chi connectivity index (χ1v) is 8.63. The average molecular weight is 378 g/mol. The molecular weight excluding hydrogens is 360 g/mol. The molecule has 1 aromatic carbocycles. The van der Waals surface area contributed by atoms with Crippen LogP contribution in [0.15, 0.2) is 30.5 Å². The van der Waals surface area contributed by atoms with Gasteiger partial charge in [-0.3, -0.25) is 20.2 Å². The number of hydrogen-bond donors (Lipinski definition) is 2. The van der Waals surface area contributed by atoms with E-state index in [2.05, 4.69) is 10.3 Å². The van der Waals surface area contributed by atoms with E-state index in [1.165, 1.54) is 12.1 Å². The van der Waals surface area contributed by atoms with Gasteiger partial charge < -0.3 is 10.5 Å². The molecule has 0 unspecified atom stereocenters. The summed E-state index contributed by atoms with van der Waals surface area (Å²) in [6.45, 7) is 3.74. The number of anilines is 1. The smallest absolute Gasteiger partial charge is 0.345 e. The summed E-state index contributed by atoms with van der Waals surface area (Å²) in [7, 11) is 0. The van der Waals surface area contributed by atoms with E-state index in [1.807, 2.05) is 13.8 Å². The van der Waals surface area contributed by atoms with Gasteiger partial charge in [0, 0.05) is 0 Å². The van der Waals surface area contributed by atoms with Crippen molar-refractivity contribution < 1.29 is 19.2 Å². The lowest BCUT2D eigenvalue weighted by atomic mass is 10.0. The number of ether oxygens (including phenoxy) is 1. The van der Waals surface area contributed by atoms with Crippen molar-refractivity contribution in [3.63, 3.8) is 0 Å². The maximum Gasteiger partial charge on any atom is 0.345 e. The highest BCUT2D eigenvalue weighted by molar-refractivity contribution is 7.18. The Morgan fingerprint density at radius 3 is 2.73 bits per heavy atom. The number of carbonyl (C=O) groups excluding carboxylic acids is 2. The highest BCUT2D eigenvalue weighted by Crippen LogP contribution is 2.27. The summed E-state index contributed by atoms with van der Waals surface area (Å²) in [6, 6.07) is 5.35. The Morgan fingerprint density at radius 1 is 1.42 bits per heavy atom. The Labute approximate surface area is 153 Å². The molecule has 2 rings (SSSR count). The van der Waals surface area contributed by atoms with Crippen LogP contribution in [0.1, 0.15) is 30.6 Å². The molecule has 0 aliphatic heterocycles. The largest absolute Gasteiger partial charge is 0.425 e. The number of benzene rings is 1. The lowest BCUT2D eigenvalue weighted by Crippen LogP contribution is -2.39. The lowest BCUT2D eigenvalue weighted by Gasteiger charge is -2.17. The minimum atomic E-state index is -0.808. The van der Waals surface area contributed by atoms with Gasteiger partial charge in [0.2, 0.25) is 0 Å². The molecule has 0 fully saturated rings. The predicted octanol–water partition coefficient (Wildman–Crippen LogP) is 2.58. The van der Waals surface area contributed by atoms with Crippen LogP contribution in [0.2, 0.25) is 0 Å². The van der Waals surface area contributed by atoms with Crippen LogP contribution in [0.25, 0.3) is 0 Å². The van der Waals surface area contributed by atoms with Crippen LogP contribution in [-0.4, -0.2) is 27.8 Å². The van der Waals surface area contributed by atoms with Crippen LogP contribution >= 0.6 is 11.3 Å². The number of thiazole rings is 1. The third-order valence-electron chi connectivity index (χ3n) is 3.77. The summed E-state index contributed by atoms with van der Waals surface area (Å²) < 4.78 is 5.28. The molecule has 1 heterocycles. The van der Waals surface area contributed by atoms with E-state index < -0.39 is 22.8 Å². The number of esters is 1.